The van der Waals surface area contributed by atoms with Crippen LogP contribution in [-0.4, -0.2) is 38.8 Å². The Hall–Kier alpha value is -2.18. The third-order valence-corrected chi connectivity index (χ3v) is 5.92. The number of nitrogens with zero attached hydrogens (tertiary/aromatic N) is 2. The SMILES string of the molecule is CCN(CC)S(=O)(=O)c1cccc(C(=O)N(C)c2ccccc2)c1. The fraction of sp³-hybridized carbons (Fsp3) is 0.278. The molecule has 2 rings (SSSR count). The van der Waals surface area contributed by atoms with Gasteiger partial charge in [0.2, 0.25) is 10.0 Å². The molecular weight excluding hydrogens is 324 g/mol. The van der Waals surface area contributed by atoms with Gasteiger partial charge < -0.3 is 4.90 Å². The molecule has 24 heavy (non-hydrogen) atoms. The van der Waals surface area contributed by atoms with E-state index < -0.39 is 10.0 Å². The van der Waals surface area contributed by atoms with Crippen molar-refractivity contribution >= 4 is 21.6 Å². The van der Waals surface area contributed by atoms with Crippen LogP contribution in [0.25, 0.3) is 0 Å². The molecule has 5 nitrogen and oxygen atoms in total. The topological polar surface area (TPSA) is 57.7 Å². The van der Waals surface area contributed by atoms with E-state index in [-0.39, 0.29) is 10.8 Å². The molecule has 0 aliphatic rings. The van der Waals surface area contributed by atoms with Gasteiger partial charge in [0.1, 0.15) is 0 Å². The van der Waals surface area contributed by atoms with Gasteiger partial charge in [-0.05, 0) is 30.3 Å². The second-order valence-electron chi connectivity index (χ2n) is 5.32. The predicted octanol–water partition coefficient (Wildman–Crippen LogP) is 2.99. The Balaban J connectivity index is 2.35. The molecule has 0 atom stereocenters. The van der Waals surface area contributed by atoms with E-state index in [1.807, 2.05) is 30.3 Å². The fourth-order valence-electron chi connectivity index (χ4n) is 2.46. The molecule has 0 saturated heterocycles. The highest BCUT2D eigenvalue weighted by Crippen LogP contribution is 2.20. The number of para-hydroxylation sites is 1. The van der Waals surface area contributed by atoms with Crippen molar-refractivity contribution in [2.24, 2.45) is 0 Å². The minimum absolute atomic E-state index is 0.138. The van der Waals surface area contributed by atoms with E-state index in [2.05, 4.69) is 0 Å². The van der Waals surface area contributed by atoms with Crippen LogP contribution in [0.5, 0.6) is 0 Å². The first-order chi connectivity index (χ1) is 11.4. The van der Waals surface area contributed by atoms with Crippen LogP contribution >= 0.6 is 0 Å². The van der Waals surface area contributed by atoms with E-state index in [1.54, 1.807) is 33.0 Å². The summed E-state index contributed by atoms with van der Waals surface area (Å²) < 4.78 is 26.6. The number of sulfonamides is 1. The Bertz CT molecular complexity index is 800. The van der Waals surface area contributed by atoms with Crippen LogP contribution in [-0.2, 0) is 10.0 Å². The third kappa shape index (κ3) is 3.66. The third-order valence-electron chi connectivity index (χ3n) is 3.87. The van der Waals surface area contributed by atoms with E-state index in [1.165, 1.54) is 21.3 Å². The molecular formula is C18H22N2O3S. The van der Waals surface area contributed by atoms with E-state index in [4.69, 9.17) is 0 Å². The number of hydrogen-bond donors (Lipinski definition) is 0. The molecule has 128 valence electrons. The van der Waals surface area contributed by atoms with E-state index in [9.17, 15) is 13.2 Å². The van der Waals surface area contributed by atoms with Gasteiger partial charge >= 0.3 is 0 Å². The molecule has 0 aliphatic carbocycles. The fourth-order valence-corrected chi connectivity index (χ4v) is 3.97. The smallest absolute Gasteiger partial charge is 0.258 e. The zero-order valence-corrected chi connectivity index (χ0v) is 15.0. The maximum Gasteiger partial charge on any atom is 0.258 e. The zero-order chi connectivity index (χ0) is 17.7. The maximum atomic E-state index is 12.7. The standard InChI is InChI=1S/C18H22N2O3S/c1-4-20(5-2)24(22,23)17-13-9-10-15(14-17)18(21)19(3)16-11-7-6-8-12-16/h6-14H,4-5H2,1-3H3. The Morgan fingerprint density at radius 3 is 2.17 bits per heavy atom. The Labute approximate surface area is 143 Å². The van der Waals surface area contributed by atoms with Crippen LogP contribution < -0.4 is 4.90 Å². The largest absolute Gasteiger partial charge is 0.311 e. The molecule has 6 heteroatoms. The number of carbonyl (C=O) groups is 1. The second-order valence-corrected chi connectivity index (χ2v) is 7.25. The number of anilines is 1. The van der Waals surface area contributed by atoms with Crippen molar-refractivity contribution in [3.05, 3.63) is 60.2 Å². The number of carbonyl (C=O) groups excluding carboxylic acids is 1. The van der Waals surface area contributed by atoms with Gasteiger partial charge in [-0.15, -0.1) is 0 Å². The summed E-state index contributed by atoms with van der Waals surface area (Å²) in [5.74, 6) is -0.252. The summed E-state index contributed by atoms with van der Waals surface area (Å²) in [6.07, 6.45) is 0. The van der Waals surface area contributed by atoms with Gasteiger partial charge in [0, 0.05) is 31.4 Å². The van der Waals surface area contributed by atoms with Crippen molar-refractivity contribution in [3.63, 3.8) is 0 Å². The quantitative estimate of drug-likeness (QED) is 0.808. The molecule has 1 amide bonds. The number of amides is 1. The predicted molar refractivity (Wildman–Crippen MR) is 95.7 cm³/mol. The minimum atomic E-state index is -3.58. The van der Waals surface area contributed by atoms with Gasteiger partial charge in [-0.2, -0.15) is 4.31 Å². The summed E-state index contributed by atoms with van der Waals surface area (Å²) in [4.78, 5) is 14.3. The molecule has 0 N–H and O–H groups in total. The van der Waals surface area contributed by atoms with Crippen molar-refractivity contribution in [2.45, 2.75) is 18.7 Å². The molecule has 0 saturated carbocycles. The van der Waals surface area contributed by atoms with Gasteiger partial charge in [-0.25, -0.2) is 8.42 Å². The van der Waals surface area contributed by atoms with E-state index >= 15 is 0 Å². The maximum absolute atomic E-state index is 12.7. The molecule has 0 spiro atoms. The Morgan fingerprint density at radius 1 is 0.958 bits per heavy atom. The van der Waals surface area contributed by atoms with Gasteiger partial charge in [-0.1, -0.05) is 38.1 Å². The van der Waals surface area contributed by atoms with E-state index in [0.717, 1.165) is 5.69 Å². The summed E-state index contributed by atoms with van der Waals surface area (Å²) in [6, 6.07) is 15.4. The van der Waals surface area contributed by atoms with Gasteiger partial charge in [0.05, 0.1) is 4.90 Å². The number of hydrogen-bond acceptors (Lipinski definition) is 3. The zero-order valence-electron chi connectivity index (χ0n) is 14.1. The van der Waals surface area contributed by atoms with Gasteiger partial charge in [-0.3, -0.25) is 4.79 Å². The van der Waals surface area contributed by atoms with Crippen LogP contribution in [0.4, 0.5) is 5.69 Å². The molecule has 0 unspecified atom stereocenters. The monoisotopic (exact) mass is 346 g/mol. The molecule has 2 aromatic carbocycles. The lowest BCUT2D eigenvalue weighted by Crippen LogP contribution is -2.31. The summed E-state index contributed by atoms with van der Waals surface area (Å²) in [5.41, 5.74) is 1.09. The molecule has 0 bridgehead atoms. The molecule has 0 heterocycles. The lowest BCUT2D eigenvalue weighted by Gasteiger charge is -2.20. The first-order valence-electron chi connectivity index (χ1n) is 7.85. The Morgan fingerprint density at radius 2 is 1.58 bits per heavy atom. The summed E-state index contributed by atoms with van der Waals surface area (Å²) >= 11 is 0. The normalized spacial score (nSPS) is 11.5. The molecule has 0 radical (unpaired) electrons. The Kier molecular flexibility index (Phi) is 5.75. The second kappa shape index (κ2) is 7.59. The van der Waals surface area contributed by atoms with Gasteiger partial charge in [0.25, 0.3) is 5.91 Å². The van der Waals surface area contributed by atoms with Crippen molar-refractivity contribution < 1.29 is 13.2 Å². The average Bonchev–Trinajstić information content (AvgIpc) is 2.62. The van der Waals surface area contributed by atoms with Crippen LogP contribution in [0.3, 0.4) is 0 Å². The molecule has 2 aromatic rings. The van der Waals surface area contributed by atoms with Crippen molar-refractivity contribution in [3.8, 4) is 0 Å². The average molecular weight is 346 g/mol. The van der Waals surface area contributed by atoms with Crippen molar-refractivity contribution in [1.82, 2.24) is 4.31 Å². The lowest BCUT2D eigenvalue weighted by molar-refractivity contribution is 0.0993. The molecule has 0 aliphatic heterocycles. The van der Waals surface area contributed by atoms with Crippen LogP contribution in [0.15, 0.2) is 59.5 Å². The number of rotatable bonds is 6. The van der Waals surface area contributed by atoms with Crippen LogP contribution in [0.1, 0.15) is 24.2 Å². The van der Waals surface area contributed by atoms with Crippen molar-refractivity contribution in [2.75, 3.05) is 25.0 Å². The first-order valence-corrected chi connectivity index (χ1v) is 9.29. The highest BCUT2D eigenvalue weighted by molar-refractivity contribution is 7.89. The van der Waals surface area contributed by atoms with Crippen LogP contribution in [0, 0.1) is 0 Å². The van der Waals surface area contributed by atoms with E-state index in [0.29, 0.717) is 18.7 Å². The van der Waals surface area contributed by atoms with Gasteiger partial charge in [0.15, 0.2) is 0 Å². The lowest BCUT2D eigenvalue weighted by atomic mass is 10.2. The number of benzene rings is 2. The summed E-state index contributed by atoms with van der Waals surface area (Å²) in [7, 11) is -1.92. The molecule has 0 aromatic heterocycles. The first kappa shape index (κ1) is 18.2. The summed E-state index contributed by atoms with van der Waals surface area (Å²) in [6.45, 7) is 4.36. The molecule has 0 fully saturated rings. The highest BCUT2D eigenvalue weighted by atomic mass is 32.2. The van der Waals surface area contributed by atoms with Crippen LogP contribution in [0.2, 0.25) is 0 Å². The van der Waals surface area contributed by atoms with Crippen molar-refractivity contribution in [1.29, 1.82) is 0 Å². The summed E-state index contributed by atoms with van der Waals surface area (Å²) in [5, 5.41) is 0. The highest BCUT2D eigenvalue weighted by Gasteiger charge is 2.23. The minimum Gasteiger partial charge on any atom is -0.311 e.